The molecule has 168 valence electrons. The van der Waals surface area contributed by atoms with E-state index in [0.29, 0.717) is 5.56 Å². The second-order valence-corrected chi connectivity index (χ2v) is 9.88. The minimum atomic E-state index is -3.80. The van der Waals surface area contributed by atoms with Crippen LogP contribution < -0.4 is 5.32 Å². The Balaban J connectivity index is 2.39. The zero-order valence-electron chi connectivity index (χ0n) is 18.2. The molecule has 1 atom stereocenters. The summed E-state index contributed by atoms with van der Waals surface area (Å²) in [5.41, 5.74) is 1.74. The number of nitrogens with zero attached hydrogens (tertiary/aromatic N) is 1. The Morgan fingerprint density at radius 3 is 2.29 bits per heavy atom. The summed E-state index contributed by atoms with van der Waals surface area (Å²) >= 11 is 6.21. The van der Waals surface area contributed by atoms with E-state index in [1.807, 2.05) is 31.2 Å². The molecule has 2 aromatic rings. The van der Waals surface area contributed by atoms with Crippen LogP contribution in [0.4, 0.5) is 0 Å². The molecule has 2 rings (SSSR count). The largest absolute Gasteiger partial charge is 0.469 e. The molecule has 0 fully saturated rings. The topological polar surface area (TPSA) is 92.8 Å². The van der Waals surface area contributed by atoms with E-state index < -0.39 is 27.9 Å². The van der Waals surface area contributed by atoms with Gasteiger partial charge in [0.2, 0.25) is 10.0 Å². The SMILES string of the molecule is COC(=O)CC(NC(=O)c1cc(S(=O)(=O)N(C)C(C)C)ccc1Cl)c1ccc(C)cc1. The number of esters is 1. The number of ether oxygens (including phenoxy) is 1. The van der Waals surface area contributed by atoms with Crippen molar-refractivity contribution in [1.29, 1.82) is 0 Å². The molecule has 31 heavy (non-hydrogen) atoms. The van der Waals surface area contributed by atoms with E-state index in [0.717, 1.165) is 5.56 Å². The van der Waals surface area contributed by atoms with Crippen molar-refractivity contribution < 1.29 is 22.7 Å². The molecule has 1 unspecified atom stereocenters. The van der Waals surface area contributed by atoms with E-state index in [2.05, 4.69) is 5.32 Å². The van der Waals surface area contributed by atoms with Crippen LogP contribution in [-0.4, -0.2) is 44.8 Å². The summed E-state index contributed by atoms with van der Waals surface area (Å²) in [6, 6.07) is 10.4. The predicted octanol–water partition coefficient (Wildman–Crippen LogP) is 3.71. The van der Waals surface area contributed by atoms with Gasteiger partial charge in [-0.05, 0) is 44.5 Å². The highest BCUT2D eigenvalue weighted by molar-refractivity contribution is 7.89. The normalized spacial score (nSPS) is 12.6. The molecule has 0 spiro atoms. The van der Waals surface area contributed by atoms with E-state index in [4.69, 9.17) is 16.3 Å². The van der Waals surface area contributed by atoms with Gasteiger partial charge < -0.3 is 10.1 Å². The maximum atomic E-state index is 13.0. The Bertz CT molecular complexity index is 1050. The van der Waals surface area contributed by atoms with Gasteiger partial charge in [-0.15, -0.1) is 0 Å². The molecule has 0 saturated carbocycles. The van der Waals surface area contributed by atoms with Crippen molar-refractivity contribution in [2.45, 2.75) is 44.2 Å². The third-order valence-corrected chi connectivity index (χ3v) is 7.33. The smallest absolute Gasteiger partial charge is 0.307 e. The molecule has 0 heterocycles. The third-order valence-electron chi connectivity index (χ3n) is 4.97. The first-order chi connectivity index (χ1) is 14.5. The summed E-state index contributed by atoms with van der Waals surface area (Å²) in [4.78, 5) is 24.9. The number of benzene rings is 2. The Kier molecular flexibility index (Phi) is 8.22. The minimum absolute atomic E-state index is 0.00174. The van der Waals surface area contributed by atoms with Crippen molar-refractivity contribution in [2.75, 3.05) is 14.2 Å². The number of nitrogens with one attached hydrogen (secondary N) is 1. The van der Waals surface area contributed by atoms with Crippen LogP contribution >= 0.6 is 11.6 Å². The minimum Gasteiger partial charge on any atom is -0.469 e. The van der Waals surface area contributed by atoms with E-state index in [-0.39, 0.29) is 27.9 Å². The summed E-state index contributed by atoms with van der Waals surface area (Å²) in [7, 11) is -1.06. The summed E-state index contributed by atoms with van der Waals surface area (Å²) < 4.78 is 31.6. The second kappa shape index (κ2) is 10.3. The summed E-state index contributed by atoms with van der Waals surface area (Å²) in [6.07, 6.45) is -0.0863. The lowest BCUT2D eigenvalue weighted by atomic mass is 10.0. The molecule has 0 aliphatic carbocycles. The average Bonchev–Trinajstić information content (AvgIpc) is 2.73. The van der Waals surface area contributed by atoms with Crippen LogP contribution in [0.2, 0.25) is 5.02 Å². The highest BCUT2D eigenvalue weighted by atomic mass is 35.5. The average molecular weight is 467 g/mol. The van der Waals surface area contributed by atoms with Crippen molar-refractivity contribution in [3.63, 3.8) is 0 Å². The van der Waals surface area contributed by atoms with Gasteiger partial charge in [0, 0.05) is 13.1 Å². The quantitative estimate of drug-likeness (QED) is 0.598. The van der Waals surface area contributed by atoms with Gasteiger partial charge in [-0.1, -0.05) is 41.4 Å². The van der Waals surface area contributed by atoms with Crippen LogP contribution in [0, 0.1) is 6.92 Å². The molecule has 7 nitrogen and oxygen atoms in total. The van der Waals surface area contributed by atoms with Crippen LogP contribution in [0.15, 0.2) is 47.4 Å². The first-order valence-electron chi connectivity index (χ1n) is 9.69. The third kappa shape index (κ3) is 6.06. The predicted molar refractivity (Wildman–Crippen MR) is 120 cm³/mol. The summed E-state index contributed by atoms with van der Waals surface area (Å²) in [5, 5.41) is 2.87. The van der Waals surface area contributed by atoms with Gasteiger partial charge in [-0.25, -0.2) is 8.42 Å². The van der Waals surface area contributed by atoms with E-state index >= 15 is 0 Å². The molecule has 0 saturated heterocycles. The van der Waals surface area contributed by atoms with Crippen LogP contribution in [0.25, 0.3) is 0 Å². The van der Waals surface area contributed by atoms with Gasteiger partial charge in [0.05, 0.1) is 35.1 Å². The molecule has 0 radical (unpaired) electrons. The Labute approximate surface area is 188 Å². The number of rotatable bonds is 8. The molecule has 0 aromatic heterocycles. The zero-order chi connectivity index (χ0) is 23.3. The maximum absolute atomic E-state index is 13.0. The number of halogens is 1. The number of carbonyl (C=O) groups excluding carboxylic acids is 2. The van der Waals surface area contributed by atoms with E-state index in [9.17, 15) is 18.0 Å². The van der Waals surface area contributed by atoms with E-state index in [1.165, 1.54) is 36.7 Å². The standard InChI is InChI=1S/C22H27ClN2O5S/c1-14(2)25(4)31(28,29)17-10-11-19(23)18(12-17)22(27)24-20(13-21(26)30-5)16-8-6-15(3)7-9-16/h6-12,14,20H,13H2,1-5H3,(H,24,27). The molecular weight excluding hydrogens is 440 g/mol. The van der Waals surface area contributed by atoms with E-state index in [1.54, 1.807) is 13.8 Å². The van der Waals surface area contributed by atoms with Gasteiger partial charge in [-0.3, -0.25) is 9.59 Å². The number of hydrogen-bond donors (Lipinski definition) is 1. The highest BCUT2D eigenvalue weighted by Gasteiger charge is 2.26. The zero-order valence-corrected chi connectivity index (χ0v) is 19.8. The van der Waals surface area contributed by atoms with Crippen molar-refractivity contribution in [3.8, 4) is 0 Å². The van der Waals surface area contributed by atoms with Gasteiger partial charge in [0.15, 0.2) is 0 Å². The highest BCUT2D eigenvalue weighted by Crippen LogP contribution is 2.25. The van der Waals surface area contributed by atoms with Crippen LogP contribution in [0.3, 0.4) is 0 Å². The molecule has 1 N–H and O–H groups in total. The fourth-order valence-electron chi connectivity index (χ4n) is 2.82. The van der Waals surface area contributed by atoms with Crippen LogP contribution in [-0.2, 0) is 19.6 Å². The van der Waals surface area contributed by atoms with Gasteiger partial charge in [-0.2, -0.15) is 4.31 Å². The fourth-order valence-corrected chi connectivity index (χ4v) is 4.42. The summed E-state index contributed by atoms with van der Waals surface area (Å²) in [6.45, 7) is 5.43. The van der Waals surface area contributed by atoms with Crippen molar-refractivity contribution in [1.82, 2.24) is 9.62 Å². The van der Waals surface area contributed by atoms with Gasteiger partial charge >= 0.3 is 5.97 Å². The monoisotopic (exact) mass is 466 g/mol. The van der Waals surface area contributed by atoms with Crippen LogP contribution in [0.5, 0.6) is 0 Å². The molecule has 0 bridgehead atoms. The summed E-state index contributed by atoms with van der Waals surface area (Å²) in [5.74, 6) is -1.09. The number of methoxy groups -OCH3 is 1. The number of aryl methyl sites for hydroxylation is 1. The first-order valence-corrected chi connectivity index (χ1v) is 11.5. The maximum Gasteiger partial charge on any atom is 0.307 e. The van der Waals surface area contributed by atoms with Gasteiger partial charge in [0.1, 0.15) is 0 Å². The number of hydrogen-bond acceptors (Lipinski definition) is 5. The lowest BCUT2D eigenvalue weighted by Gasteiger charge is -2.22. The second-order valence-electron chi connectivity index (χ2n) is 7.47. The van der Waals surface area contributed by atoms with Crippen molar-refractivity contribution in [2.24, 2.45) is 0 Å². The van der Waals surface area contributed by atoms with Gasteiger partial charge in [0.25, 0.3) is 5.91 Å². The molecule has 2 aromatic carbocycles. The number of carbonyl (C=O) groups is 2. The van der Waals surface area contributed by atoms with Crippen LogP contribution in [0.1, 0.15) is 47.8 Å². The number of amides is 1. The Morgan fingerprint density at radius 1 is 1.13 bits per heavy atom. The Morgan fingerprint density at radius 2 is 1.74 bits per heavy atom. The van der Waals surface area contributed by atoms with Crippen molar-refractivity contribution >= 4 is 33.5 Å². The van der Waals surface area contributed by atoms with Crippen molar-refractivity contribution in [3.05, 3.63) is 64.2 Å². The molecule has 0 aliphatic rings. The first kappa shape index (κ1) is 24.8. The lowest BCUT2D eigenvalue weighted by Crippen LogP contribution is -2.33. The molecular formula is C22H27ClN2O5S. The molecule has 9 heteroatoms. The Hall–Kier alpha value is -2.42. The molecule has 0 aliphatic heterocycles. The fraction of sp³-hybridized carbons (Fsp3) is 0.364. The number of sulfonamides is 1. The lowest BCUT2D eigenvalue weighted by molar-refractivity contribution is -0.141. The molecule has 1 amide bonds.